The van der Waals surface area contributed by atoms with Crippen molar-refractivity contribution in [2.45, 2.75) is 23.5 Å². The Morgan fingerprint density at radius 2 is 1.75 bits per heavy atom. The minimum absolute atomic E-state index is 0.00322. The third kappa shape index (κ3) is 6.47. The molecule has 0 fully saturated rings. The van der Waals surface area contributed by atoms with Crippen LogP contribution >= 0.6 is 11.3 Å². The number of nitrogens with one attached hydrogen (secondary N) is 1. The maximum Gasteiger partial charge on any atom is 0.573 e. The molecule has 1 amide bonds. The molecule has 1 heterocycles. The van der Waals surface area contributed by atoms with Crippen LogP contribution in [0.1, 0.15) is 11.1 Å². The topological polar surface area (TPSA) is 75.7 Å². The third-order valence-corrected chi connectivity index (χ3v) is 7.13. The van der Waals surface area contributed by atoms with Crippen molar-refractivity contribution in [2.24, 2.45) is 0 Å². The van der Waals surface area contributed by atoms with E-state index in [-0.39, 0.29) is 34.4 Å². The Balaban J connectivity index is 1.61. The van der Waals surface area contributed by atoms with Gasteiger partial charge in [0.2, 0.25) is 5.91 Å². The van der Waals surface area contributed by atoms with Crippen molar-refractivity contribution in [3.05, 3.63) is 77.2 Å². The van der Waals surface area contributed by atoms with E-state index in [0.717, 1.165) is 11.3 Å². The van der Waals surface area contributed by atoms with Crippen LogP contribution in [0.4, 0.5) is 18.9 Å². The van der Waals surface area contributed by atoms with E-state index in [2.05, 4.69) is 9.46 Å². The molecule has 0 spiro atoms. The zero-order chi connectivity index (χ0) is 23.4. The van der Waals surface area contributed by atoms with E-state index >= 15 is 0 Å². The molecule has 0 aliphatic rings. The summed E-state index contributed by atoms with van der Waals surface area (Å²) in [5, 5.41) is 1.66. The number of alkyl halides is 3. The first kappa shape index (κ1) is 23.6. The van der Waals surface area contributed by atoms with Crippen LogP contribution in [-0.4, -0.2) is 32.6 Å². The number of sulfonamides is 1. The summed E-state index contributed by atoms with van der Waals surface area (Å²) < 4.78 is 68.9. The number of ether oxygens (including phenoxy) is 1. The summed E-state index contributed by atoms with van der Waals surface area (Å²) >= 11 is 1.10. The van der Waals surface area contributed by atoms with Gasteiger partial charge in [0.05, 0.1) is 6.42 Å². The maximum absolute atomic E-state index is 12.6. The predicted octanol–water partition coefficient (Wildman–Crippen LogP) is 4.65. The molecule has 6 nitrogen and oxygen atoms in total. The summed E-state index contributed by atoms with van der Waals surface area (Å²) in [6.45, 7) is -0.0657. The van der Waals surface area contributed by atoms with Gasteiger partial charge >= 0.3 is 6.36 Å². The van der Waals surface area contributed by atoms with Crippen LogP contribution in [0.25, 0.3) is 0 Å². The molecule has 3 aromatic rings. The number of anilines is 1. The van der Waals surface area contributed by atoms with Gasteiger partial charge in [0.25, 0.3) is 10.0 Å². The first-order valence-corrected chi connectivity index (χ1v) is 11.6. The Kier molecular flexibility index (Phi) is 7.09. The van der Waals surface area contributed by atoms with Crippen molar-refractivity contribution < 1.29 is 31.1 Å². The van der Waals surface area contributed by atoms with Crippen LogP contribution in [0.3, 0.4) is 0 Å². The van der Waals surface area contributed by atoms with Crippen molar-refractivity contribution in [2.75, 3.05) is 11.8 Å². The minimum Gasteiger partial charge on any atom is -0.405 e. The number of para-hydroxylation sites is 1. The molecule has 0 radical (unpaired) electrons. The number of nitrogens with zero attached hydrogens (tertiary/aromatic N) is 1. The molecule has 0 unspecified atom stereocenters. The number of thiophene rings is 1. The number of halogens is 3. The first-order chi connectivity index (χ1) is 15.0. The van der Waals surface area contributed by atoms with Crippen LogP contribution < -0.4 is 9.46 Å². The van der Waals surface area contributed by atoms with Crippen molar-refractivity contribution in [3.63, 3.8) is 0 Å². The highest BCUT2D eigenvalue weighted by atomic mass is 32.2. The molecule has 0 atom stereocenters. The van der Waals surface area contributed by atoms with Gasteiger partial charge in [0, 0.05) is 24.8 Å². The number of likely N-dealkylation sites (N-methyl/N-ethyl adjacent to an activating group) is 1. The van der Waals surface area contributed by atoms with Crippen LogP contribution in [0, 0.1) is 0 Å². The van der Waals surface area contributed by atoms with Crippen LogP contribution in [0.5, 0.6) is 5.75 Å². The summed E-state index contributed by atoms with van der Waals surface area (Å²) in [6, 6.07) is 15.1. The highest BCUT2D eigenvalue weighted by molar-refractivity contribution is 7.94. The average Bonchev–Trinajstić information content (AvgIpc) is 3.25. The lowest BCUT2D eigenvalue weighted by Gasteiger charge is -2.20. The van der Waals surface area contributed by atoms with Gasteiger partial charge in [-0.15, -0.1) is 24.5 Å². The molecule has 1 aromatic heterocycles. The van der Waals surface area contributed by atoms with Gasteiger partial charge in [-0.3, -0.25) is 9.52 Å². The molecule has 0 aliphatic heterocycles. The maximum atomic E-state index is 12.6. The second-order valence-corrected chi connectivity index (χ2v) is 9.67. The van der Waals surface area contributed by atoms with Gasteiger partial charge < -0.3 is 9.64 Å². The van der Waals surface area contributed by atoms with Crippen LogP contribution in [0.2, 0.25) is 0 Å². The Morgan fingerprint density at radius 3 is 2.38 bits per heavy atom. The lowest BCUT2D eigenvalue weighted by atomic mass is 10.1. The molecule has 32 heavy (non-hydrogen) atoms. The van der Waals surface area contributed by atoms with Crippen molar-refractivity contribution in [1.82, 2.24) is 4.90 Å². The van der Waals surface area contributed by atoms with E-state index in [0.29, 0.717) is 11.3 Å². The Labute approximate surface area is 187 Å². The molecule has 0 aliphatic carbocycles. The monoisotopic (exact) mass is 484 g/mol. The van der Waals surface area contributed by atoms with Gasteiger partial charge in [0.1, 0.15) is 9.96 Å². The molecule has 1 N–H and O–H groups in total. The van der Waals surface area contributed by atoms with E-state index in [1.807, 2.05) is 0 Å². The van der Waals surface area contributed by atoms with E-state index in [1.165, 1.54) is 36.2 Å². The SMILES string of the molecule is CN(Cc1ccccc1OC(F)(F)F)C(=O)Cc1ccc(NS(=O)(=O)c2cccs2)cc1. The number of carbonyl (C=O) groups is 1. The first-order valence-electron chi connectivity index (χ1n) is 9.26. The summed E-state index contributed by atoms with van der Waals surface area (Å²) in [4.78, 5) is 13.8. The van der Waals surface area contributed by atoms with Gasteiger partial charge in [0.15, 0.2) is 0 Å². The van der Waals surface area contributed by atoms with Crippen molar-refractivity contribution >= 4 is 33.0 Å². The molecule has 3 rings (SSSR count). The molecule has 170 valence electrons. The molecule has 0 saturated heterocycles. The van der Waals surface area contributed by atoms with Gasteiger partial charge in [-0.25, -0.2) is 8.42 Å². The molecular formula is C21H19F3N2O4S2. The average molecular weight is 485 g/mol. The number of benzene rings is 2. The largest absolute Gasteiger partial charge is 0.573 e. The minimum atomic E-state index is -4.83. The Bertz CT molecular complexity index is 1160. The number of hydrogen-bond donors (Lipinski definition) is 1. The van der Waals surface area contributed by atoms with Gasteiger partial charge in [-0.1, -0.05) is 36.4 Å². The second-order valence-electron chi connectivity index (χ2n) is 6.82. The van der Waals surface area contributed by atoms with E-state index < -0.39 is 16.4 Å². The molecule has 11 heteroatoms. The zero-order valence-electron chi connectivity index (χ0n) is 16.8. The number of amides is 1. The van der Waals surface area contributed by atoms with Crippen molar-refractivity contribution in [1.29, 1.82) is 0 Å². The van der Waals surface area contributed by atoms with Gasteiger partial charge in [-0.2, -0.15) is 0 Å². The predicted molar refractivity (Wildman–Crippen MR) is 115 cm³/mol. The lowest BCUT2D eigenvalue weighted by molar-refractivity contribution is -0.275. The van der Waals surface area contributed by atoms with Crippen LogP contribution in [-0.2, 0) is 27.8 Å². The summed E-state index contributed by atoms with van der Waals surface area (Å²) in [5.41, 5.74) is 1.20. The highest BCUT2D eigenvalue weighted by Gasteiger charge is 2.32. The number of rotatable bonds is 8. The molecular weight excluding hydrogens is 465 g/mol. The molecule has 2 aromatic carbocycles. The number of carbonyl (C=O) groups excluding carboxylic acids is 1. The van der Waals surface area contributed by atoms with Crippen LogP contribution in [0.15, 0.2) is 70.3 Å². The fraction of sp³-hybridized carbons (Fsp3) is 0.190. The van der Waals surface area contributed by atoms with Crippen molar-refractivity contribution in [3.8, 4) is 5.75 Å². The standard InChI is InChI=1S/C21H19F3N2O4S2/c1-26(14-16-5-2-3-6-18(16)30-21(22,23)24)19(27)13-15-8-10-17(11-9-15)25-32(28,29)20-7-4-12-31-20/h2-12,25H,13-14H2,1H3. The summed E-state index contributed by atoms with van der Waals surface area (Å²) in [6.07, 6.45) is -4.83. The third-order valence-electron chi connectivity index (χ3n) is 4.35. The summed E-state index contributed by atoms with van der Waals surface area (Å²) in [7, 11) is -2.19. The quantitative estimate of drug-likeness (QED) is 0.505. The lowest BCUT2D eigenvalue weighted by Crippen LogP contribution is -2.28. The molecule has 0 bridgehead atoms. The van der Waals surface area contributed by atoms with E-state index in [4.69, 9.17) is 0 Å². The fourth-order valence-electron chi connectivity index (χ4n) is 2.82. The Morgan fingerprint density at radius 1 is 1.06 bits per heavy atom. The normalized spacial score (nSPS) is 11.8. The second kappa shape index (κ2) is 9.61. The smallest absolute Gasteiger partial charge is 0.405 e. The highest BCUT2D eigenvalue weighted by Crippen LogP contribution is 2.27. The van der Waals surface area contributed by atoms with Gasteiger partial charge in [-0.05, 0) is 35.2 Å². The van der Waals surface area contributed by atoms with E-state index in [1.54, 1.807) is 41.8 Å². The zero-order valence-corrected chi connectivity index (χ0v) is 18.4. The fourth-order valence-corrected chi connectivity index (χ4v) is 4.88. The summed E-state index contributed by atoms with van der Waals surface area (Å²) in [5.74, 6) is -0.680. The molecule has 0 saturated carbocycles. The number of hydrogen-bond acceptors (Lipinski definition) is 5. The Hall–Kier alpha value is -3.05. The van der Waals surface area contributed by atoms with E-state index in [9.17, 15) is 26.4 Å².